The molecule has 1 aromatic heterocycles. The SMILES string of the molecule is O=C(O)CCCCC(=O)Oc1ccc(-c2oc3ccccc3c(=O)c2OC(=O)CCCCC(=O)O)cc1OC(=O)CCCCC(=O)O. The Bertz CT molecular complexity index is 1690. The average Bonchev–Trinajstić information content (AvgIpc) is 3.01. The third-order valence-corrected chi connectivity index (χ3v) is 6.69. The maximum Gasteiger partial charge on any atom is 0.311 e. The van der Waals surface area contributed by atoms with Gasteiger partial charge in [0.25, 0.3) is 0 Å². The lowest BCUT2D eigenvalue weighted by Gasteiger charge is -2.14. The zero-order valence-electron chi connectivity index (χ0n) is 25.4. The van der Waals surface area contributed by atoms with Gasteiger partial charge >= 0.3 is 35.8 Å². The maximum absolute atomic E-state index is 13.5. The zero-order chi connectivity index (χ0) is 34.3. The highest BCUT2D eigenvalue weighted by molar-refractivity contribution is 5.85. The highest BCUT2D eigenvalue weighted by atomic mass is 16.6. The van der Waals surface area contributed by atoms with Crippen molar-refractivity contribution < 1.29 is 62.7 Å². The maximum atomic E-state index is 13.5. The van der Waals surface area contributed by atoms with Crippen LogP contribution in [-0.4, -0.2) is 51.1 Å². The normalized spacial score (nSPS) is 10.7. The molecule has 14 heteroatoms. The van der Waals surface area contributed by atoms with Crippen LogP contribution in [0.1, 0.15) is 77.0 Å². The molecule has 0 saturated heterocycles. The molecule has 0 fully saturated rings. The van der Waals surface area contributed by atoms with Gasteiger partial charge in [-0.05, 0) is 68.9 Å². The van der Waals surface area contributed by atoms with E-state index in [1.807, 2.05) is 0 Å². The molecule has 0 radical (unpaired) electrons. The summed E-state index contributed by atoms with van der Waals surface area (Å²) >= 11 is 0. The van der Waals surface area contributed by atoms with Crippen LogP contribution in [-0.2, 0) is 28.8 Å². The fourth-order valence-electron chi connectivity index (χ4n) is 4.37. The molecule has 0 unspecified atom stereocenters. The molecule has 1 heterocycles. The van der Waals surface area contributed by atoms with Crippen molar-refractivity contribution in [1.29, 1.82) is 0 Å². The lowest BCUT2D eigenvalue weighted by Crippen LogP contribution is -2.16. The van der Waals surface area contributed by atoms with Gasteiger partial charge in [0.2, 0.25) is 11.2 Å². The number of aliphatic carboxylic acids is 3. The summed E-state index contributed by atoms with van der Waals surface area (Å²) < 4.78 is 22.3. The number of unbranched alkanes of at least 4 members (excludes halogenated alkanes) is 3. The van der Waals surface area contributed by atoms with Crippen LogP contribution >= 0.6 is 0 Å². The number of benzene rings is 2. The average molecular weight is 655 g/mol. The summed E-state index contributed by atoms with van der Waals surface area (Å²) in [5, 5.41) is 26.6. The van der Waals surface area contributed by atoms with E-state index in [0.717, 1.165) is 0 Å². The van der Waals surface area contributed by atoms with Crippen LogP contribution in [0.5, 0.6) is 17.2 Å². The molecule has 0 aliphatic heterocycles. The largest absolute Gasteiger partial charge is 0.481 e. The van der Waals surface area contributed by atoms with Gasteiger partial charge in [-0.25, -0.2) is 0 Å². The lowest BCUT2D eigenvalue weighted by atomic mass is 10.1. The number of carbonyl (C=O) groups is 6. The van der Waals surface area contributed by atoms with Crippen LogP contribution in [0.15, 0.2) is 51.7 Å². The molecule has 0 spiro atoms. The van der Waals surface area contributed by atoms with Gasteiger partial charge in [0.15, 0.2) is 17.3 Å². The van der Waals surface area contributed by atoms with Gasteiger partial charge in [-0.15, -0.1) is 0 Å². The molecule has 0 saturated carbocycles. The number of para-hydroxylation sites is 1. The van der Waals surface area contributed by atoms with Crippen molar-refractivity contribution >= 4 is 46.8 Å². The molecule has 2 aromatic carbocycles. The number of esters is 3. The summed E-state index contributed by atoms with van der Waals surface area (Å²) in [5.41, 5.74) is -0.409. The zero-order valence-corrected chi connectivity index (χ0v) is 25.4. The Labute approximate surface area is 267 Å². The van der Waals surface area contributed by atoms with E-state index in [4.69, 9.17) is 33.9 Å². The van der Waals surface area contributed by atoms with Crippen molar-refractivity contribution in [3.63, 3.8) is 0 Å². The van der Waals surface area contributed by atoms with E-state index in [9.17, 15) is 33.6 Å². The second kappa shape index (κ2) is 17.8. The molecule has 0 atom stereocenters. The first-order chi connectivity index (χ1) is 22.4. The van der Waals surface area contributed by atoms with Crippen molar-refractivity contribution in [2.75, 3.05) is 0 Å². The third-order valence-electron chi connectivity index (χ3n) is 6.69. The van der Waals surface area contributed by atoms with Crippen molar-refractivity contribution in [2.45, 2.75) is 77.0 Å². The summed E-state index contributed by atoms with van der Waals surface area (Å²) in [6.45, 7) is 0. The number of ether oxygens (including phenoxy) is 3. The van der Waals surface area contributed by atoms with E-state index in [1.165, 1.54) is 30.3 Å². The lowest BCUT2D eigenvalue weighted by molar-refractivity contribution is -0.139. The smallest absolute Gasteiger partial charge is 0.311 e. The van der Waals surface area contributed by atoms with Crippen LogP contribution < -0.4 is 19.6 Å². The Balaban J connectivity index is 1.96. The van der Waals surface area contributed by atoms with E-state index >= 15 is 0 Å². The van der Waals surface area contributed by atoms with E-state index in [0.29, 0.717) is 0 Å². The molecule has 14 nitrogen and oxygen atoms in total. The third kappa shape index (κ3) is 11.7. The quantitative estimate of drug-likeness (QED) is 0.0868. The molecular weight excluding hydrogens is 620 g/mol. The predicted octanol–water partition coefficient (Wildman–Crippen LogP) is 5.11. The molecule has 3 aromatic rings. The van der Waals surface area contributed by atoms with Crippen LogP contribution in [0, 0.1) is 0 Å². The number of carbonyl (C=O) groups excluding carboxylic acids is 3. The predicted molar refractivity (Wildman–Crippen MR) is 163 cm³/mol. The Kier molecular flexibility index (Phi) is 13.6. The minimum Gasteiger partial charge on any atom is -0.481 e. The van der Waals surface area contributed by atoms with Crippen molar-refractivity contribution in [2.24, 2.45) is 0 Å². The molecule has 3 rings (SSSR count). The monoisotopic (exact) mass is 654 g/mol. The highest BCUT2D eigenvalue weighted by Gasteiger charge is 2.23. The summed E-state index contributed by atoms with van der Waals surface area (Å²) in [5.74, 6) is -6.40. The highest BCUT2D eigenvalue weighted by Crippen LogP contribution is 2.37. The van der Waals surface area contributed by atoms with Crippen LogP contribution in [0.3, 0.4) is 0 Å². The molecule has 0 amide bonds. The second-order valence-corrected chi connectivity index (χ2v) is 10.5. The van der Waals surface area contributed by atoms with E-state index in [-0.39, 0.29) is 111 Å². The Morgan fingerprint density at radius 2 is 1.04 bits per heavy atom. The molecule has 0 aliphatic carbocycles. The van der Waals surface area contributed by atoms with Gasteiger partial charge in [-0.3, -0.25) is 33.6 Å². The first-order valence-electron chi connectivity index (χ1n) is 14.9. The summed E-state index contributed by atoms with van der Waals surface area (Å²) in [6, 6.07) is 10.1. The minimum atomic E-state index is -1.02. The number of rotatable bonds is 19. The fraction of sp³-hybridized carbons (Fsp3) is 0.364. The Morgan fingerprint density at radius 3 is 1.57 bits per heavy atom. The second-order valence-electron chi connectivity index (χ2n) is 10.5. The number of carboxylic acid groups (broad SMARTS) is 3. The standard InChI is InChI=1S/C33H34O14/c34-25(35)11-3-6-14-28(40)44-23-18-17-20(19-24(23)45-29(41)15-7-4-12-26(36)37)32-33(47-30(42)16-8-5-13-27(38)39)31(43)21-9-1-2-10-22(21)46-32/h1-2,9-10,17-19H,3-8,11-16H2,(H,34,35)(H,36,37)(H,38,39). The van der Waals surface area contributed by atoms with Crippen LogP contribution in [0.4, 0.5) is 0 Å². The number of carboxylic acids is 3. The van der Waals surface area contributed by atoms with E-state index in [1.54, 1.807) is 12.1 Å². The summed E-state index contributed by atoms with van der Waals surface area (Å²) in [7, 11) is 0. The Morgan fingerprint density at radius 1 is 0.574 bits per heavy atom. The summed E-state index contributed by atoms with van der Waals surface area (Å²) in [6.07, 6.45) is 0.442. The number of hydrogen-bond donors (Lipinski definition) is 3. The van der Waals surface area contributed by atoms with Gasteiger partial charge in [-0.1, -0.05) is 12.1 Å². The van der Waals surface area contributed by atoms with Gasteiger partial charge in [0.1, 0.15) is 5.58 Å². The minimum absolute atomic E-state index is 0.108. The number of hydrogen-bond acceptors (Lipinski definition) is 11. The van der Waals surface area contributed by atoms with Crippen molar-refractivity contribution in [1.82, 2.24) is 0 Å². The van der Waals surface area contributed by atoms with Crippen LogP contribution in [0.25, 0.3) is 22.3 Å². The summed E-state index contributed by atoms with van der Waals surface area (Å²) in [4.78, 5) is 83.7. The van der Waals surface area contributed by atoms with E-state index < -0.39 is 47.0 Å². The van der Waals surface area contributed by atoms with Gasteiger partial charge < -0.3 is 33.9 Å². The first kappa shape index (κ1) is 35.9. The molecule has 47 heavy (non-hydrogen) atoms. The molecular formula is C33H34O14. The van der Waals surface area contributed by atoms with Gasteiger partial charge in [0, 0.05) is 44.1 Å². The first-order valence-corrected chi connectivity index (χ1v) is 14.9. The van der Waals surface area contributed by atoms with Crippen LogP contribution in [0.2, 0.25) is 0 Å². The van der Waals surface area contributed by atoms with Crippen molar-refractivity contribution in [3.05, 3.63) is 52.7 Å². The molecule has 0 aliphatic rings. The molecule has 0 bridgehead atoms. The fourth-order valence-corrected chi connectivity index (χ4v) is 4.37. The van der Waals surface area contributed by atoms with Crippen molar-refractivity contribution in [3.8, 4) is 28.6 Å². The Hall–Kier alpha value is -5.53. The molecule has 250 valence electrons. The topological polar surface area (TPSA) is 221 Å². The van der Waals surface area contributed by atoms with E-state index in [2.05, 4.69) is 0 Å². The van der Waals surface area contributed by atoms with Gasteiger partial charge in [-0.2, -0.15) is 0 Å². The number of fused-ring (bicyclic) bond motifs is 1. The molecule has 3 N–H and O–H groups in total. The van der Waals surface area contributed by atoms with Gasteiger partial charge in [0.05, 0.1) is 5.39 Å².